The van der Waals surface area contributed by atoms with E-state index in [0.29, 0.717) is 11.1 Å². The molecular formula is C22H19F2N. The van der Waals surface area contributed by atoms with E-state index in [0.717, 1.165) is 33.2 Å². The molecule has 2 atom stereocenters. The molecule has 1 nitrogen and oxygen atoms in total. The van der Waals surface area contributed by atoms with Crippen LogP contribution in [0.25, 0.3) is 28.1 Å². The van der Waals surface area contributed by atoms with E-state index in [2.05, 4.69) is 37.0 Å². The fourth-order valence-corrected chi connectivity index (χ4v) is 3.72. The fourth-order valence-electron chi connectivity index (χ4n) is 3.72. The number of aryl methyl sites for hydroxylation is 2. The van der Waals surface area contributed by atoms with Crippen LogP contribution in [0.1, 0.15) is 35.3 Å². The average Bonchev–Trinajstić information content (AvgIpc) is 2.58. The molecule has 0 spiro atoms. The zero-order chi connectivity index (χ0) is 17.7. The van der Waals surface area contributed by atoms with Crippen LogP contribution in [0.3, 0.4) is 0 Å². The molecule has 1 heterocycles. The van der Waals surface area contributed by atoms with Gasteiger partial charge in [-0.2, -0.15) is 0 Å². The Morgan fingerprint density at radius 3 is 2.40 bits per heavy atom. The molecule has 1 aromatic heterocycles. The lowest BCUT2D eigenvalue weighted by molar-refractivity contribution is 0.246. The van der Waals surface area contributed by atoms with Crippen LogP contribution in [0.15, 0.2) is 48.4 Å². The molecule has 0 bridgehead atoms. The van der Waals surface area contributed by atoms with Crippen molar-refractivity contribution in [2.45, 2.75) is 26.9 Å². The first-order valence-corrected chi connectivity index (χ1v) is 8.47. The van der Waals surface area contributed by atoms with Gasteiger partial charge in [0.15, 0.2) is 0 Å². The van der Waals surface area contributed by atoms with Gasteiger partial charge in [0.1, 0.15) is 12.0 Å². The Hall–Kier alpha value is -2.55. The van der Waals surface area contributed by atoms with Crippen molar-refractivity contribution in [1.82, 2.24) is 4.98 Å². The van der Waals surface area contributed by atoms with Crippen molar-refractivity contribution in [2.75, 3.05) is 0 Å². The number of fused-ring (bicyclic) bond motifs is 3. The monoisotopic (exact) mass is 335 g/mol. The summed E-state index contributed by atoms with van der Waals surface area (Å²) in [7, 11) is 0. The summed E-state index contributed by atoms with van der Waals surface area (Å²) in [5, 5.41) is 1.75. The Morgan fingerprint density at radius 2 is 1.68 bits per heavy atom. The highest BCUT2D eigenvalue weighted by Gasteiger charge is 2.30. The number of hydrogen-bond donors (Lipinski definition) is 0. The minimum Gasteiger partial charge on any atom is -0.256 e. The van der Waals surface area contributed by atoms with Gasteiger partial charge in [0, 0.05) is 23.1 Å². The predicted molar refractivity (Wildman–Crippen MR) is 98.8 cm³/mol. The molecule has 4 rings (SSSR count). The number of pyridine rings is 1. The Bertz CT molecular complexity index is 1000. The van der Waals surface area contributed by atoms with Gasteiger partial charge >= 0.3 is 0 Å². The maximum absolute atomic E-state index is 14.6. The number of rotatable bonds is 1. The Labute approximate surface area is 146 Å². The summed E-state index contributed by atoms with van der Waals surface area (Å²) in [4.78, 5) is 4.55. The first-order valence-electron chi connectivity index (χ1n) is 8.47. The van der Waals surface area contributed by atoms with E-state index in [1.807, 2.05) is 12.1 Å². The minimum atomic E-state index is -1.32. The lowest BCUT2D eigenvalue weighted by atomic mass is 9.85. The zero-order valence-corrected chi connectivity index (χ0v) is 14.5. The normalized spacial score (nSPS) is 19.6. The van der Waals surface area contributed by atoms with E-state index >= 15 is 0 Å². The first kappa shape index (κ1) is 15.9. The van der Waals surface area contributed by atoms with E-state index in [9.17, 15) is 8.78 Å². The van der Waals surface area contributed by atoms with Crippen molar-refractivity contribution in [3.05, 3.63) is 70.7 Å². The van der Waals surface area contributed by atoms with Crippen molar-refractivity contribution in [2.24, 2.45) is 5.92 Å². The lowest BCUT2D eigenvalue weighted by Crippen LogP contribution is -2.12. The number of halogens is 2. The molecule has 0 saturated carbocycles. The Balaban J connectivity index is 2.01. The van der Waals surface area contributed by atoms with Gasteiger partial charge in [-0.15, -0.1) is 0 Å². The van der Waals surface area contributed by atoms with Crippen molar-refractivity contribution in [3.63, 3.8) is 0 Å². The SMILES string of the molecule is Cc1cc(C)cc(-c2nccc3c4c(ccc23)C(F)C(C)C(F)=C4)c1. The maximum Gasteiger partial charge on any atom is 0.135 e. The average molecular weight is 335 g/mol. The van der Waals surface area contributed by atoms with Gasteiger partial charge in [-0.1, -0.05) is 36.2 Å². The van der Waals surface area contributed by atoms with Crippen LogP contribution in [0.2, 0.25) is 0 Å². The summed E-state index contributed by atoms with van der Waals surface area (Å²) in [6, 6.07) is 11.8. The van der Waals surface area contributed by atoms with Crippen LogP contribution in [-0.4, -0.2) is 4.98 Å². The third-order valence-electron chi connectivity index (χ3n) is 4.97. The molecule has 0 saturated heterocycles. The Morgan fingerprint density at radius 1 is 0.960 bits per heavy atom. The second-order valence-corrected chi connectivity index (χ2v) is 6.92. The highest BCUT2D eigenvalue weighted by Crippen LogP contribution is 2.43. The van der Waals surface area contributed by atoms with Gasteiger partial charge in [-0.25, -0.2) is 8.78 Å². The highest BCUT2D eigenvalue weighted by molar-refractivity contribution is 6.00. The van der Waals surface area contributed by atoms with Gasteiger partial charge < -0.3 is 0 Å². The number of hydrogen-bond acceptors (Lipinski definition) is 1. The largest absolute Gasteiger partial charge is 0.256 e. The lowest BCUT2D eigenvalue weighted by Gasteiger charge is -2.24. The maximum atomic E-state index is 14.6. The standard InChI is InChI=1S/C22H19F2N/c1-12-8-13(2)10-15(9-12)22-18-5-4-17-19(16(18)6-7-25-22)11-20(23)14(3)21(17)24/h4-11,14,21H,1-3H3. The molecule has 3 aromatic rings. The molecule has 2 unspecified atom stereocenters. The molecule has 3 heteroatoms. The third kappa shape index (κ3) is 2.55. The van der Waals surface area contributed by atoms with E-state index in [1.165, 1.54) is 6.08 Å². The number of alkyl halides is 1. The predicted octanol–water partition coefficient (Wildman–Crippen LogP) is 6.49. The summed E-state index contributed by atoms with van der Waals surface area (Å²) >= 11 is 0. The van der Waals surface area contributed by atoms with Gasteiger partial charge in [-0.3, -0.25) is 4.98 Å². The molecule has 2 aromatic carbocycles. The number of aromatic nitrogens is 1. The molecular weight excluding hydrogens is 316 g/mol. The second-order valence-electron chi connectivity index (χ2n) is 6.92. The molecule has 0 radical (unpaired) electrons. The van der Waals surface area contributed by atoms with E-state index in [1.54, 1.807) is 19.2 Å². The summed E-state index contributed by atoms with van der Waals surface area (Å²) in [6.45, 7) is 5.69. The van der Waals surface area contributed by atoms with Gasteiger partial charge in [0.05, 0.1) is 5.69 Å². The van der Waals surface area contributed by atoms with E-state index in [-0.39, 0.29) is 0 Å². The zero-order valence-electron chi connectivity index (χ0n) is 14.5. The summed E-state index contributed by atoms with van der Waals surface area (Å²) in [5.41, 5.74) is 5.38. The van der Waals surface area contributed by atoms with Gasteiger partial charge in [-0.05, 0) is 54.6 Å². The quantitative estimate of drug-likeness (QED) is 0.495. The number of benzene rings is 2. The van der Waals surface area contributed by atoms with Gasteiger partial charge in [0.2, 0.25) is 0 Å². The molecule has 1 aliphatic rings. The minimum absolute atomic E-state index is 0.405. The fraction of sp³-hybridized carbons (Fsp3) is 0.227. The van der Waals surface area contributed by atoms with Crippen LogP contribution in [0, 0.1) is 19.8 Å². The van der Waals surface area contributed by atoms with Crippen molar-refractivity contribution >= 4 is 16.8 Å². The third-order valence-corrected chi connectivity index (χ3v) is 4.97. The highest BCUT2D eigenvalue weighted by atomic mass is 19.1. The van der Waals surface area contributed by atoms with Crippen LogP contribution in [0.4, 0.5) is 8.78 Å². The Kier molecular flexibility index (Phi) is 3.68. The molecule has 126 valence electrons. The molecule has 0 fully saturated rings. The van der Waals surface area contributed by atoms with Crippen LogP contribution < -0.4 is 0 Å². The topological polar surface area (TPSA) is 12.9 Å². The summed E-state index contributed by atoms with van der Waals surface area (Å²) < 4.78 is 28.8. The molecule has 25 heavy (non-hydrogen) atoms. The van der Waals surface area contributed by atoms with Crippen molar-refractivity contribution in [3.8, 4) is 11.3 Å². The summed E-state index contributed by atoms with van der Waals surface area (Å²) in [6.07, 6.45) is 1.87. The van der Waals surface area contributed by atoms with Crippen LogP contribution >= 0.6 is 0 Å². The molecule has 0 aliphatic heterocycles. The van der Waals surface area contributed by atoms with Gasteiger partial charge in [0.25, 0.3) is 0 Å². The molecule has 0 N–H and O–H groups in total. The summed E-state index contributed by atoms with van der Waals surface area (Å²) in [5.74, 6) is -1.14. The van der Waals surface area contributed by atoms with Crippen molar-refractivity contribution in [1.29, 1.82) is 0 Å². The number of nitrogens with zero attached hydrogens (tertiary/aromatic N) is 1. The first-order chi connectivity index (χ1) is 12.0. The van der Waals surface area contributed by atoms with E-state index in [4.69, 9.17) is 0 Å². The number of allylic oxidation sites excluding steroid dienone is 1. The second kappa shape index (κ2) is 5.76. The van der Waals surface area contributed by atoms with Crippen molar-refractivity contribution < 1.29 is 8.78 Å². The smallest absolute Gasteiger partial charge is 0.135 e. The van der Waals surface area contributed by atoms with E-state index < -0.39 is 17.9 Å². The molecule has 1 aliphatic carbocycles. The van der Waals surface area contributed by atoms with Crippen LogP contribution in [-0.2, 0) is 0 Å². The molecule has 0 amide bonds. The van der Waals surface area contributed by atoms with Crippen LogP contribution in [0.5, 0.6) is 0 Å².